The minimum atomic E-state index is -4.96. The molecule has 0 heterocycles. The average molecular weight is 415 g/mol. The number of alkyl halides is 3. The highest BCUT2D eigenvalue weighted by Gasteiger charge is 2.37. The fraction of sp³-hybridized carbons (Fsp3) is 0.316. The maximum atomic E-state index is 14.7. The predicted molar refractivity (Wildman–Crippen MR) is 97.4 cm³/mol. The molecule has 4 N–H and O–H groups in total. The topological polar surface area (TPSA) is 76.4 Å². The lowest BCUT2D eigenvalue weighted by molar-refractivity contribution is -0.137. The Morgan fingerprint density at radius 3 is 2.52 bits per heavy atom. The van der Waals surface area contributed by atoms with Crippen LogP contribution in [0.4, 0.5) is 43.8 Å². The lowest BCUT2D eigenvalue weighted by Gasteiger charge is -2.19. The van der Waals surface area contributed by atoms with Gasteiger partial charge < -0.3 is 15.8 Å². The third-order valence-electron chi connectivity index (χ3n) is 4.31. The van der Waals surface area contributed by atoms with Gasteiger partial charge in [0.25, 0.3) is 0 Å². The SMILES string of the molecule is Cc1ccc(CNc2c(C(F)(F)F)cc(NC(=O)OC3CC3)c(N)c2F)c(F)c1. The number of nitrogen functional groups attached to an aromatic ring is 1. The van der Waals surface area contributed by atoms with Crippen molar-refractivity contribution in [1.29, 1.82) is 0 Å². The van der Waals surface area contributed by atoms with Gasteiger partial charge in [0, 0.05) is 12.1 Å². The largest absolute Gasteiger partial charge is 0.446 e. The molecule has 156 valence electrons. The van der Waals surface area contributed by atoms with E-state index < -0.39 is 53.1 Å². The van der Waals surface area contributed by atoms with Crippen molar-refractivity contribution in [1.82, 2.24) is 0 Å². The van der Waals surface area contributed by atoms with Gasteiger partial charge in [0.1, 0.15) is 11.9 Å². The Kier molecular flexibility index (Phi) is 5.54. The van der Waals surface area contributed by atoms with Gasteiger partial charge in [-0.2, -0.15) is 13.2 Å². The maximum absolute atomic E-state index is 14.7. The van der Waals surface area contributed by atoms with Gasteiger partial charge in [-0.15, -0.1) is 0 Å². The minimum absolute atomic E-state index is 0.0527. The molecule has 0 bridgehead atoms. The van der Waals surface area contributed by atoms with E-state index in [1.807, 2.05) is 5.32 Å². The highest BCUT2D eigenvalue weighted by Crippen LogP contribution is 2.42. The molecule has 1 aliphatic rings. The smallest absolute Gasteiger partial charge is 0.418 e. The predicted octanol–water partition coefficient (Wildman–Crippen LogP) is 5.20. The number of hydrogen-bond acceptors (Lipinski definition) is 4. The quantitative estimate of drug-likeness (QED) is 0.464. The van der Waals surface area contributed by atoms with Gasteiger partial charge >= 0.3 is 12.3 Å². The zero-order valence-corrected chi connectivity index (χ0v) is 15.3. The molecule has 0 saturated heterocycles. The average Bonchev–Trinajstić information content (AvgIpc) is 3.42. The summed E-state index contributed by atoms with van der Waals surface area (Å²) in [5.41, 5.74) is 2.68. The van der Waals surface area contributed by atoms with Gasteiger partial charge in [-0.3, -0.25) is 5.32 Å². The van der Waals surface area contributed by atoms with Crippen molar-refractivity contribution in [2.24, 2.45) is 0 Å². The van der Waals surface area contributed by atoms with Gasteiger partial charge in [0.05, 0.1) is 22.6 Å². The van der Waals surface area contributed by atoms with Gasteiger partial charge in [0.15, 0.2) is 5.82 Å². The van der Waals surface area contributed by atoms with Crippen molar-refractivity contribution in [3.8, 4) is 0 Å². The Labute approximate surface area is 163 Å². The van der Waals surface area contributed by atoms with Crippen LogP contribution in [0.1, 0.15) is 29.5 Å². The van der Waals surface area contributed by atoms with Gasteiger partial charge in [0.2, 0.25) is 0 Å². The third kappa shape index (κ3) is 4.87. The minimum Gasteiger partial charge on any atom is -0.446 e. The van der Waals surface area contributed by atoms with Crippen LogP contribution in [0.5, 0.6) is 0 Å². The Morgan fingerprint density at radius 1 is 1.24 bits per heavy atom. The van der Waals surface area contributed by atoms with Crippen molar-refractivity contribution >= 4 is 23.2 Å². The molecule has 0 radical (unpaired) electrons. The molecule has 29 heavy (non-hydrogen) atoms. The monoisotopic (exact) mass is 415 g/mol. The van der Waals surface area contributed by atoms with Crippen LogP contribution in [0.3, 0.4) is 0 Å². The molecule has 0 aromatic heterocycles. The summed E-state index contributed by atoms with van der Waals surface area (Å²) >= 11 is 0. The molecule has 5 nitrogen and oxygen atoms in total. The van der Waals surface area contributed by atoms with Gasteiger partial charge in [-0.1, -0.05) is 12.1 Å². The number of aryl methyl sites for hydroxylation is 1. The zero-order chi connectivity index (χ0) is 21.3. The molecule has 1 fully saturated rings. The zero-order valence-electron chi connectivity index (χ0n) is 15.3. The number of hydrogen-bond donors (Lipinski definition) is 3. The van der Waals surface area contributed by atoms with Crippen LogP contribution in [-0.2, 0) is 17.5 Å². The highest BCUT2D eigenvalue weighted by atomic mass is 19.4. The van der Waals surface area contributed by atoms with E-state index in [-0.39, 0.29) is 11.7 Å². The Morgan fingerprint density at radius 2 is 1.93 bits per heavy atom. The van der Waals surface area contributed by atoms with E-state index in [9.17, 15) is 26.7 Å². The summed E-state index contributed by atoms with van der Waals surface area (Å²) in [6.07, 6.45) is -4.96. The molecule has 10 heteroatoms. The van der Waals surface area contributed by atoms with E-state index in [1.54, 1.807) is 13.0 Å². The number of nitrogens with two attached hydrogens (primary N) is 1. The second-order valence-corrected chi connectivity index (χ2v) is 6.75. The lowest BCUT2D eigenvalue weighted by atomic mass is 10.1. The van der Waals surface area contributed by atoms with E-state index in [2.05, 4.69) is 5.32 Å². The van der Waals surface area contributed by atoms with E-state index in [1.165, 1.54) is 12.1 Å². The molecule has 2 aromatic carbocycles. The van der Waals surface area contributed by atoms with Crippen molar-refractivity contribution in [3.05, 3.63) is 52.6 Å². The normalized spacial score (nSPS) is 13.9. The lowest BCUT2D eigenvalue weighted by Crippen LogP contribution is -2.19. The van der Waals surface area contributed by atoms with E-state index >= 15 is 0 Å². The first kappa shape index (κ1) is 20.7. The summed E-state index contributed by atoms with van der Waals surface area (Å²) in [5.74, 6) is -2.05. The van der Waals surface area contributed by atoms with E-state index in [4.69, 9.17) is 10.5 Å². The van der Waals surface area contributed by atoms with Crippen LogP contribution in [0.25, 0.3) is 0 Å². The second kappa shape index (κ2) is 7.76. The first-order chi connectivity index (χ1) is 13.6. The highest BCUT2D eigenvalue weighted by molar-refractivity contribution is 5.91. The molecule has 0 unspecified atom stereocenters. The summed E-state index contributed by atoms with van der Waals surface area (Å²) in [6, 6.07) is 4.69. The van der Waals surface area contributed by atoms with Crippen LogP contribution in [0.15, 0.2) is 24.3 Å². The van der Waals surface area contributed by atoms with Gasteiger partial charge in [-0.25, -0.2) is 13.6 Å². The Bertz CT molecular complexity index is 942. The first-order valence-corrected chi connectivity index (χ1v) is 8.72. The Balaban J connectivity index is 1.90. The van der Waals surface area contributed by atoms with Gasteiger partial charge in [-0.05, 0) is 37.5 Å². The van der Waals surface area contributed by atoms with Crippen LogP contribution >= 0.6 is 0 Å². The van der Waals surface area contributed by atoms with Crippen molar-refractivity contribution in [2.75, 3.05) is 16.4 Å². The number of amides is 1. The molecule has 0 aliphatic heterocycles. The molecular weight excluding hydrogens is 397 g/mol. The molecule has 1 saturated carbocycles. The van der Waals surface area contributed by atoms with Crippen LogP contribution in [-0.4, -0.2) is 12.2 Å². The molecule has 0 atom stereocenters. The molecule has 0 spiro atoms. The van der Waals surface area contributed by atoms with E-state index in [0.29, 0.717) is 24.5 Å². The van der Waals surface area contributed by atoms with Crippen LogP contribution < -0.4 is 16.4 Å². The molecular formula is C19H18F5N3O2. The molecule has 2 aromatic rings. The van der Waals surface area contributed by atoms with E-state index in [0.717, 1.165) is 0 Å². The van der Waals surface area contributed by atoms with Crippen molar-refractivity contribution in [3.63, 3.8) is 0 Å². The number of ether oxygens (including phenoxy) is 1. The number of carbonyl (C=O) groups excluding carboxylic acids is 1. The fourth-order valence-corrected chi connectivity index (χ4v) is 2.62. The summed E-state index contributed by atoms with van der Waals surface area (Å²) in [5, 5.41) is 4.31. The van der Waals surface area contributed by atoms with Crippen LogP contribution in [0, 0.1) is 18.6 Å². The summed E-state index contributed by atoms with van der Waals surface area (Å²) in [6.45, 7) is 1.25. The number of rotatable bonds is 5. The maximum Gasteiger partial charge on any atom is 0.418 e. The molecule has 3 rings (SSSR count). The van der Waals surface area contributed by atoms with Crippen molar-refractivity contribution < 1.29 is 31.5 Å². The molecule has 1 amide bonds. The van der Waals surface area contributed by atoms with Crippen molar-refractivity contribution in [2.45, 2.75) is 38.6 Å². The summed E-state index contributed by atoms with van der Waals surface area (Å²) in [4.78, 5) is 11.7. The third-order valence-corrected chi connectivity index (χ3v) is 4.31. The summed E-state index contributed by atoms with van der Waals surface area (Å²) < 4.78 is 74.0. The molecule has 1 aliphatic carbocycles. The standard InChI is InChI=1S/C19H18F5N3O2/c1-9-2-3-10(13(20)6-9)8-26-17-12(19(22,23)24)7-14(16(25)15(17)21)27-18(28)29-11-4-5-11/h2-3,6-7,11,26H,4-5,8,25H2,1H3,(H,27,28). The number of halogens is 5. The summed E-state index contributed by atoms with van der Waals surface area (Å²) in [7, 11) is 0. The number of carbonyl (C=O) groups is 1. The number of benzene rings is 2. The number of anilines is 3. The second-order valence-electron chi connectivity index (χ2n) is 6.75. The fourth-order valence-electron chi connectivity index (χ4n) is 2.62. The van der Waals surface area contributed by atoms with Crippen LogP contribution in [0.2, 0.25) is 0 Å². The number of nitrogens with one attached hydrogen (secondary N) is 2. The Hall–Kier alpha value is -3.04. The first-order valence-electron chi connectivity index (χ1n) is 8.72.